The third-order valence-corrected chi connectivity index (χ3v) is 5.53. The van der Waals surface area contributed by atoms with Gasteiger partial charge in [-0.15, -0.1) is 0 Å². The van der Waals surface area contributed by atoms with Crippen LogP contribution >= 0.6 is 0 Å². The van der Waals surface area contributed by atoms with Crippen molar-refractivity contribution in [3.63, 3.8) is 0 Å². The number of hydrogen-bond donors (Lipinski definition) is 2. The van der Waals surface area contributed by atoms with Crippen molar-refractivity contribution in [2.45, 2.75) is 32.1 Å². The molecule has 0 saturated carbocycles. The second kappa shape index (κ2) is 12.9. The monoisotopic (exact) mass is 476 g/mol. The molecule has 0 atom stereocenters. The third-order valence-electron chi connectivity index (χ3n) is 5.53. The molecular formula is C27H28N2O6. The summed E-state index contributed by atoms with van der Waals surface area (Å²) in [5.41, 5.74) is 1.35. The van der Waals surface area contributed by atoms with Gasteiger partial charge in [-0.05, 0) is 67.5 Å². The van der Waals surface area contributed by atoms with Crippen molar-refractivity contribution in [3.8, 4) is 5.75 Å². The summed E-state index contributed by atoms with van der Waals surface area (Å²) in [6.45, 7) is 0.998. The summed E-state index contributed by atoms with van der Waals surface area (Å²) in [7, 11) is 0. The van der Waals surface area contributed by atoms with Crippen molar-refractivity contribution in [3.05, 3.63) is 105 Å². The van der Waals surface area contributed by atoms with E-state index in [1.54, 1.807) is 0 Å². The number of nitro benzene ring substituents is 1. The molecule has 3 aromatic rings. The Bertz CT molecular complexity index is 1150. The van der Waals surface area contributed by atoms with Gasteiger partial charge in [0.2, 0.25) is 0 Å². The van der Waals surface area contributed by atoms with Crippen molar-refractivity contribution < 1.29 is 24.4 Å². The molecule has 0 unspecified atom stereocenters. The van der Waals surface area contributed by atoms with E-state index in [0.29, 0.717) is 19.6 Å². The number of benzene rings is 3. The molecule has 8 nitrogen and oxygen atoms in total. The number of unbranched alkanes of at least 4 members (excludes halogenated alkanes) is 2. The number of carboxylic acid groups (broad SMARTS) is 1. The Morgan fingerprint density at radius 3 is 2.29 bits per heavy atom. The quantitative estimate of drug-likeness (QED) is 0.202. The van der Waals surface area contributed by atoms with Gasteiger partial charge in [-0.25, -0.2) is 4.79 Å². The number of hydrogen-bond acceptors (Lipinski definition) is 5. The fourth-order valence-corrected chi connectivity index (χ4v) is 3.63. The molecule has 0 heterocycles. The number of nitrogens with zero attached hydrogens (tertiary/aromatic N) is 1. The lowest BCUT2D eigenvalue weighted by atomic mass is 10.1. The van der Waals surface area contributed by atoms with Crippen LogP contribution in [0.2, 0.25) is 0 Å². The zero-order chi connectivity index (χ0) is 25.0. The van der Waals surface area contributed by atoms with Gasteiger partial charge in [-0.2, -0.15) is 0 Å². The van der Waals surface area contributed by atoms with Crippen LogP contribution in [0, 0.1) is 10.1 Å². The number of aromatic carboxylic acids is 1. The van der Waals surface area contributed by atoms with Crippen molar-refractivity contribution >= 4 is 17.6 Å². The topological polar surface area (TPSA) is 119 Å². The van der Waals surface area contributed by atoms with Crippen LogP contribution < -0.4 is 10.1 Å². The first-order valence-corrected chi connectivity index (χ1v) is 11.5. The Morgan fingerprint density at radius 1 is 0.886 bits per heavy atom. The lowest BCUT2D eigenvalue weighted by Gasteiger charge is -2.09. The highest BCUT2D eigenvalue weighted by Crippen LogP contribution is 2.20. The highest BCUT2D eigenvalue weighted by Gasteiger charge is 2.21. The number of carbonyl (C=O) groups is 2. The van der Waals surface area contributed by atoms with Crippen LogP contribution in [0.25, 0.3) is 0 Å². The second-order valence-corrected chi connectivity index (χ2v) is 8.09. The van der Waals surface area contributed by atoms with Crippen LogP contribution in [0.15, 0.2) is 72.8 Å². The summed E-state index contributed by atoms with van der Waals surface area (Å²) < 4.78 is 5.81. The van der Waals surface area contributed by atoms with E-state index in [9.17, 15) is 19.7 Å². The number of carboxylic acids is 1. The molecule has 8 heteroatoms. The summed E-state index contributed by atoms with van der Waals surface area (Å²) >= 11 is 0. The highest BCUT2D eigenvalue weighted by atomic mass is 16.6. The van der Waals surface area contributed by atoms with E-state index in [4.69, 9.17) is 9.84 Å². The molecule has 0 fully saturated rings. The molecule has 0 aromatic heterocycles. The van der Waals surface area contributed by atoms with E-state index in [0.717, 1.165) is 49.1 Å². The molecule has 2 N–H and O–H groups in total. The minimum Gasteiger partial charge on any atom is -0.494 e. The Kier molecular flexibility index (Phi) is 9.36. The second-order valence-electron chi connectivity index (χ2n) is 8.09. The molecule has 1 amide bonds. The van der Waals surface area contributed by atoms with E-state index in [1.165, 1.54) is 11.6 Å². The van der Waals surface area contributed by atoms with Crippen LogP contribution in [0.3, 0.4) is 0 Å². The number of nitro groups is 1. The van der Waals surface area contributed by atoms with E-state index >= 15 is 0 Å². The minimum atomic E-state index is -1.46. The Morgan fingerprint density at radius 2 is 1.60 bits per heavy atom. The smallest absolute Gasteiger partial charge is 0.342 e. The lowest BCUT2D eigenvalue weighted by molar-refractivity contribution is -0.385. The fourth-order valence-electron chi connectivity index (χ4n) is 3.63. The average molecular weight is 477 g/mol. The highest BCUT2D eigenvalue weighted by molar-refractivity contribution is 5.99. The first-order chi connectivity index (χ1) is 16.9. The molecule has 0 radical (unpaired) electrons. The van der Waals surface area contributed by atoms with Gasteiger partial charge in [-0.1, -0.05) is 42.5 Å². The molecule has 182 valence electrons. The first kappa shape index (κ1) is 25.4. The normalized spacial score (nSPS) is 10.5. The van der Waals surface area contributed by atoms with Crippen molar-refractivity contribution in [1.29, 1.82) is 0 Å². The molecule has 0 spiro atoms. The number of amides is 1. The molecule has 0 bridgehead atoms. The number of ether oxygens (including phenoxy) is 1. The van der Waals surface area contributed by atoms with E-state index in [2.05, 4.69) is 29.6 Å². The Hall–Kier alpha value is -4.20. The van der Waals surface area contributed by atoms with E-state index in [-0.39, 0.29) is 5.56 Å². The molecule has 0 aliphatic rings. The van der Waals surface area contributed by atoms with Gasteiger partial charge < -0.3 is 15.2 Å². The van der Waals surface area contributed by atoms with Crippen LogP contribution in [-0.4, -0.2) is 35.1 Å². The molecule has 3 aromatic carbocycles. The van der Waals surface area contributed by atoms with Crippen LogP contribution in [0.5, 0.6) is 5.75 Å². The third kappa shape index (κ3) is 7.96. The number of carbonyl (C=O) groups excluding carboxylic acids is 1. The SMILES string of the molecule is O=C(NCCc1ccc(OCCCCCc2ccccc2)cc1)c1ccc([N+](=O)[O-])c(C(=O)O)c1. The molecule has 0 saturated heterocycles. The van der Waals surface area contributed by atoms with Gasteiger partial charge in [0.05, 0.1) is 11.5 Å². The van der Waals surface area contributed by atoms with Gasteiger partial charge in [0.15, 0.2) is 0 Å². The Labute approximate surface area is 203 Å². The van der Waals surface area contributed by atoms with Crippen LogP contribution in [-0.2, 0) is 12.8 Å². The average Bonchev–Trinajstić information content (AvgIpc) is 2.87. The Balaban J connectivity index is 1.37. The molecule has 0 aliphatic carbocycles. The van der Waals surface area contributed by atoms with Gasteiger partial charge >= 0.3 is 5.97 Å². The van der Waals surface area contributed by atoms with Crippen molar-refractivity contribution in [2.75, 3.05) is 13.2 Å². The standard InChI is InChI=1S/C27H28N2O6/c30-26(22-12-15-25(29(33)34)24(19-22)27(31)32)28-17-16-21-10-13-23(14-11-21)35-18-6-2-5-9-20-7-3-1-4-8-20/h1,3-4,7-8,10-15,19H,2,5-6,9,16-18H2,(H,28,30)(H,31,32). The summed E-state index contributed by atoms with van der Waals surface area (Å²) in [6, 6.07) is 21.4. The van der Waals surface area contributed by atoms with Crippen molar-refractivity contribution in [2.24, 2.45) is 0 Å². The van der Waals surface area contributed by atoms with Gasteiger partial charge in [-0.3, -0.25) is 14.9 Å². The predicted octanol–water partition coefficient (Wildman–Crippen LogP) is 5.06. The summed E-state index contributed by atoms with van der Waals surface area (Å²) in [5, 5.41) is 22.8. The fraction of sp³-hybridized carbons (Fsp3) is 0.259. The van der Waals surface area contributed by atoms with Crippen molar-refractivity contribution in [1.82, 2.24) is 5.32 Å². The molecule has 3 rings (SSSR count). The number of aryl methyl sites for hydroxylation is 1. The number of nitrogens with one attached hydrogen (secondary N) is 1. The maximum atomic E-state index is 12.3. The number of rotatable bonds is 13. The predicted molar refractivity (Wildman–Crippen MR) is 132 cm³/mol. The molecule has 0 aliphatic heterocycles. The lowest BCUT2D eigenvalue weighted by Crippen LogP contribution is -2.26. The van der Waals surface area contributed by atoms with Crippen LogP contribution in [0.1, 0.15) is 51.1 Å². The van der Waals surface area contributed by atoms with Crippen LogP contribution in [0.4, 0.5) is 5.69 Å². The van der Waals surface area contributed by atoms with Gasteiger partial charge in [0.25, 0.3) is 11.6 Å². The van der Waals surface area contributed by atoms with Gasteiger partial charge in [0, 0.05) is 18.2 Å². The van der Waals surface area contributed by atoms with E-state index in [1.807, 2.05) is 30.3 Å². The molecular weight excluding hydrogens is 448 g/mol. The summed E-state index contributed by atoms with van der Waals surface area (Å²) in [5.74, 6) is -1.15. The summed E-state index contributed by atoms with van der Waals surface area (Å²) in [4.78, 5) is 33.7. The zero-order valence-electron chi connectivity index (χ0n) is 19.3. The maximum absolute atomic E-state index is 12.3. The largest absolute Gasteiger partial charge is 0.494 e. The zero-order valence-corrected chi connectivity index (χ0v) is 19.3. The maximum Gasteiger partial charge on any atom is 0.342 e. The van der Waals surface area contributed by atoms with Gasteiger partial charge in [0.1, 0.15) is 11.3 Å². The first-order valence-electron chi connectivity index (χ1n) is 11.5. The molecule has 35 heavy (non-hydrogen) atoms. The minimum absolute atomic E-state index is 0.0560. The van der Waals surface area contributed by atoms with E-state index < -0.39 is 28.1 Å². The summed E-state index contributed by atoms with van der Waals surface area (Å²) in [6.07, 6.45) is 4.89.